The number of carbonyl (C=O) groups is 3. The highest BCUT2D eigenvalue weighted by Crippen LogP contribution is 2.31. The number of hydrogen-bond donors (Lipinski definition) is 1. The highest BCUT2D eigenvalue weighted by Gasteiger charge is 2.49. The Hall–Kier alpha value is -4.01. The van der Waals surface area contributed by atoms with Gasteiger partial charge in [-0.15, -0.1) is 0 Å². The van der Waals surface area contributed by atoms with Gasteiger partial charge in [0, 0.05) is 38.6 Å². The molecule has 0 bridgehead atoms. The van der Waals surface area contributed by atoms with Crippen molar-refractivity contribution >= 4 is 34.6 Å². The van der Waals surface area contributed by atoms with Crippen molar-refractivity contribution in [1.29, 1.82) is 0 Å². The van der Waals surface area contributed by atoms with Crippen LogP contribution in [0.4, 0.5) is 10.7 Å². The first-order chi connectivity index (χ1) is 16.0. The predicted molar refractivity (Wildman–Crippen MR) is 122 cm³/mol. The lowest BCUT2D eigenvalue weighted by Gasteiger charge is -2.35. The lowest BCUT2D eigenvalue weighted by molar-refractivity contribution is -0.139. The molecule has 2 aromatic carbocycles. The molecule has 9 nitrogen and oxygen atoms in total. The average molecular weight is 444 g/mol. The van der Waals surface area contributed by atoms with Crippen molar-refractivity contribution in [2.75, 3.05) is 37.6 Å². The summed E-state index contributed by atoms with van der Waals surface area (Å²) in [4.78, 5) is 52.1. The van der Waals surface area contributed by atoms with E-state index >= 15 is 0 Å². The van der Waals surface area contributed by atoms with E-state index in [2.05, 4.69) is 15.3 Å². The lowest BCUT2D eigenvalue weighted by Crippen LogP contribution is -2.52. The summed E-state index contributed by atoms with van der Waals surface area (Å²) in [5, 5.41) is 4.82. The summed E-state index contributed by atoms with van der Waals surface area (Å²) in [5.41, 5.74) is -0.531. The van der Waals surface area contributed by atoms with Crippen LogP contribution in [0.5, 0.6) is 0 Å². The van der Waals surface area contributed by atoms with Gasteiger partial charge in [-0.25, -0.2) is 14.8 Å². The van der Waals surface area contributed by atoms with Crippen molar-refractivity contribution in [3.8, 4) is 0 Å². The minimum absolute atomic E-state index is 0.255. The van der Waals surface area contributed by atoms with Crippen LogP contribution < -0.4 is 10.2 Å². The number of imide groups is 1. The molecule has 0 saturated carbocycles. The number of carbonyl (C=O) groups excluding carboxylic acids is 3. The fraction of sp³-hybridized carbons (Fsp3) is 0.292. The number of benzene rings is 2. The van der Waals surface area contributed by atoms with Crippen LogP contribution in [0.2, 0.25) is 0 Å². The maximum Gasteiger partial charge on any atom is 0.325 e. The number of aromatic nitrogens is 2. The van der Waals surface area contributed by atoms with E-state index in [1.165, 1.54) is 0 Å². The number of nitrogens with one attached hydrogen (secondary N) is 1. The van der Waals surface area contributed by atoms with Gasteiger partial charge in [-0.2, -0.15) is 0 Å². The predicted octanol–water partition coefficient (Wildman–Crippen LogP) is 1.75. The zero-order valence-corrected chi connectivity index (χ0v) is 18.3. The quantitative estimate of drug-likeness (QED) is 0.616. The second kappa shape index (κ2) is 8.16. The lowest BCUT2D eigenvalue weighted by atomic mass is 9.90. The van der Waals surface area contributed by atoms with Crippen LogP contribution in [0, 0.1) is 0 Å². The van der Waals surface area contributed by atoms with Crippen molar-refractivity contribution in [3.63, 3.8) is 0 Å². The summed E-state index contributed by atoms with van der Waals surface area (Å²) >= 11 is 0. The molecule has 5 rings (SSSR count). The van der Waals surface area contributed by atoms with Crippen LogP contribution >= 0.6 is 0 Å². The fourth-order valence-corrected chi connectivity index (χ4v) is 4.38. The summed E-state index contributed by atoms with van der Waals surface area (Å²) in [5.74, 6) is -0.0489. The molecule has 168 valence electrons. The maximum absolute atomic E-state index is 13.3. The van der Waals surface area contributed by atoms with E-state index in [0.29, 0.717) is 37.7 Å². The van der Waals surface area contributed by atoms with E-state index in [4.69, 9.17) is 0 Å². The maximum atomic E-state index is 13.3. The molecular formula is C24H24N6O3. The first kappa shape index (κ1) is 20.9. The number of anilines is 1. The van der Waals surface area contributed by atoms with Crippen LogP contribution in [0.1, 0.15) is 12.5 Å². The number of amides is 4. The van der Waals surface area contributed by atoms with Gasteiger partial charge in [-0.1, -0.05) is 36.4 Å². The van der Waals surface area contributed by atoms with Gasteiger partial charge in [-0.05, 0) is 35.4 Å². The van der Waals surface area contributed by atoms with E-state index in [9.17, 15) is 14.4 Å². The van der Waals surface area contributed by atoms with Crippen molar-refractivity contribution in [1.82, 2.24) is 25.1 Å². The van der Waals surface area contributed by atoms with Gasteiger partial charge in [0.25, 0.3) is 5.91 Å². The van der Waals surface area contributed by atoms with Crippen molar-refractivity contribution in [2.45, 2.75) is 12.5 Å². The molecule has 0 spiro atoms. The van der Waals surface area contributed by atoms with Crippen molar-refractivity contribution in [3.05, 3.63) is 66.5 Å². The molecule has 1 atom stereocenters. The monoisotopic (exact) mass is 444 g/mol. The van der Waals surface area contributed by atoms with Crippen molar-refractivity contribution in [2.24, 2.45) is 0 Å². The van der Waals surface area contributed by atoms with E-state index in [0.717, 1.165) is 15.7 Å². The van der Waals surface area contributed by atoms with Crippen LogP contribution in [-0.4, -0.2) is 70.3 Å². The van der Waals surface area contributed by atoms with Gasteiger partial charge in [0.05, 0.1) is 0 Å². The zero-order chi connectivity index (χ0) is 23.0. The second-order valence-electron chi connectivity index (χ2n) is 8.43. The third-order valence-electron chi connectivity index (χ3n) is 6.36. The third-order valence-corrected chi connectivity index (χ3v) is 6.36. The minimum Gasteiger partial charge on any atom is -0.338 e. The average Bonchev–Trinajstić information content (AvgIpc) is 3.08. The number of urea groups is 1. The molecule has 1 aromatic heterocycles. The number of nitrogens with zero attached hydrogens (tertiary/aromatic N) is 5. The molecular weight excluding hydrogens is 420 g/mol. The Balaban J connectivity index is 1.27. The van der Waals surface area contributed by atoms with E-state index in [1.54, 1.807) is 30.3 Å². The SMILES string of the molecule is CC1(c2ccc3ccccc3c2)NC(=O)N(CC(=O)N2CCN(c3ncccn3)CC2)C1=O. The second-order valence-corrected chi connectivity index (χ2v) is 8.43. The molecule has 1 N–H and O–H groups in total. The Morgan fingerprint density at radius 2 is 1.67 bits per heavy atom. The number of piperazine rings is 1. The smallest absolute Gasteiger partial charge is 0.325 e. The fourth-order valence-electron chi connectivity index (χ4n) is 4.38. The van der Waals surface area contributed by atoms with Gasteiger partial charge in [0.15, 0.2) is 0 Å². The first-order valence-corrected chi connectivity index (χ1v) is 10.9. The molecule has 2 aliphatic rings. The van der Waals surface area contributed by atoms with Crippen molar-refractivity contribution < 1.29 is 14.4 Å². The molecule has 2 saturated heterocycles. The van der Waals surface area contributed by atoms with Gasteiger partial charge < -0.3 is 15.1 Å². The molecule has 3 aromatic rings. The topological polar surface area (TPSA) is 98.7 Å². The molecule has 3 heterocycles. The Morgan fingerprint density at radius 3 is 2.39 bits per heavy atom. The van der Waals surface area contributed by atoms with Gasteiger partial charge in [0.1, 0.15) is 12.1 Å². The molecule has 9 heteroatoms. The summed E-state index contributed by atoms with van der Waals surface area (Å²) in [6.07, 6.45) is 3.37. The Kier molecular flexibility index (Phi) is 5.16. The Labute approximate surface area is 191 Å². The minimum atomic E-state index is -1.22. The Bertz CT molecular complexity index is 1230. The molecule has 4 amide bonds. The van der Waals surface area contributed by atoms with Crippen LogP contribution in [0.3, 0.4) is 0 Å². The number of fused-ring (bicyclic) bond motifs is 1. The summed E-state index contributed by atoms with van der Waals surface area (Å²) in [6, 6.07) is 14.7. The molecule has 0 radical (unpaired) electrons. The first-order valence-electron chi connectivity index (χ1n) is 10.9. The van der Waals surface area contributed by atoms with E-state index in [-0.39, 0.29) is 12.5 Å². The van der Waals surface area contributed by atoms with Crippen LogP contribution in [0.15, 0.2) is 60.9 Å². The highest BCUT2D eigenvalue weighted by molar-refractivity contribution is 6.09. The van der Waals surface area contributed by atoms with Crippen LogP contribution in [-0.2, 0) is 15.1 Å². The van der Waals surface area contributed by atoms with E-state index in [1.807, 2.05) is 47.4 Å². The zero-order valence-electron chi connectivity index (χ0n) is 18.3. The number of rotatable bonds is 4. The summed E-state index contributed by atoms with van der Waals surface area (Å²) < 4.78 is 0. The Morgan fingerprint density at radius 1 is 0.970 bits per heavy atom. The largest absolute Gasteiger partial charge is 0.338 e. The normalized spacial score (nSPS) is 20.9. The van der Waals surface area contributed by atoms with E-state index < -0.39 is 17.5 Å². The van der Waals surface area contributed by atoms with Gasteiger partial charge >= 0.3 is 6.03 Å². The van der Waals surface area contributed by atoms with Gasteiger partial charge in [-0.3, -0.25) is 14.5 Å². The highest BCUT2D eigenvalue weighted by atomic mass is 16.2. The molecule has 1 unspecified atom stereocenters. The summed E-state index contributed by atoms with van der Waals surface area (Å²) in [6.45, 7) is 3.52. The third kappa shape index (κ3) is 3.75. The molecule has 33 heavy (non-hydrogen) atoms. The molecule has 0 aliphatic carbocycles. The molecule has 2 aliphatic heterocycles. The summed E-state index contributed by atoms with van der Waals surface area (Å²) in [7, 11) is 0. The van der Waals surface area contributed by atoms with Gasteiger partial charge in [0.2, 0.25) is 11.9 Å². The standard InChI is InChI=1S/C24H24N6O3/c1-24(19-8-7-17-5-2-3-6-18(17)15-19)21(32)30(23(33)27-24)16-20(31)28-11-13-29(14-12-28)22-25-9-4-10-26-22/h2-10,15H,11-14,16H2,1H3,(H,27,33). The van der Waals surface area contributed by atoms with Crippen LogP contribution in [0.25, 0.3) is 10.8 Å². The number of hydrogen-bond acceptors (Lipinski definition) is 6. The molecule has 2 fully saturated rings.